The molecule has 0 radical (unpaired) electrons. The van der Waals surface area contributed by atoms with Crippen LogP contribution in [0.25, 0.3) is 0 Å². The standard InChI is InChI=1S/C22H24Br2N2O4S/c1-3-13-25-21(16-5-7-17(23)8-6-16)20(22(27)28)15-26(14-4-2)31(29,30)19-11-9-18(24)10-12-19/h3-12,20-21,25H,1-2,13-15H2,(H,27,28). The molecular formula is C22H24Br2N2O4S. The van der Waals surface area contributed by atoms with E-state index >= 15 is 0 Å². The molecule has 0 spiro atoms. The molecule has 0 amide bonds. The predicted octanol–water partition coefficient (Wildman–Crippen LogP) is 4.61. The minimum absolute atomic E-state index is 0.0172. The van der Waals surface area contributed by atoms with E-state index in [1.165, 1.54) is 18.2 Å². The van der Waals surface area contributed by atoms with Gasteiger partial charge < -0.3 is 10.4 Å². The highest BCUT2D eigenvalue weighted by Crippen LogP contribution is 2.28. The normalized spacial score (nSPS) is 13.5. The van der Waals surface area contributed by atoms with Crippen molar-refractivity contribution in [2.24, 2.45) is 5.92 Å². The number of carboxylic acids is 1. The SMILES string of the molecule is C=CCNC(c1ccc(Br)cc1)C(CN(CC=C)S(=O)(=O)c1ccc(Br)cc1)C(=O)O. The number of carbonyl (C=O) groups is 1. The summed E-state index contributed by atoms with van der Waals surface area (Å²) in [5, 5.41) is 13.2. The van der Waals surface area contributed by atoms with Crippen LogP contribution >= 0.6 is 31.9 Å². The fourth-order valence-electron chi connectivity index (χ4n) is 3.09. The van der Waals surface area contributed by atoms with E-state index in [1.54, 1.807) is 18.2 Å². The Morgan fingerprint density at radius 3 is 2.06 bits per heavy atom. The van der Waals surface area contributed by atoms with Crippen LogP contribution in [0, 0.1) is 5.92 Å². The molecule has 0 saturated carbocycles. The molecule has 6 nitrogen and oxygen atoms in total. The van der Waals surface area contributed by atoms with Crippen molar-refractivity contribution in [3.8, 4) is 0 Å². The zero-order chi connectivity index (χ0) is 23.0. The third-order valence-electron chi connectivity index (χ3n) is 4.62. The van der Waals surface area contributed by atoms with Crippen LogP contribution in [0.4, 0.5) is 0 Å². The molecule has 2 atom stereocenters. The van der Waals surface area contributed by atoms with Crippen molar-refractivity contribution < 1.29 is 18.3 Å². The number of nitrogens with zero attached hydrogens (tertiary/aromatic N) is 1. The van der Waals surface area contributed by atoms with Gasteiger partial charge in [-0.05, 0) is 42.0 Å². The van der Waals surface area contributed by atoms with E-state index in [-0.39, 0.29) is 18.0 Å². The molecule has 0 aliphatic carbocycles. The number of aliphatic carboxylic acids is 1. The lowest BCUT2D eigenvalue weighted by atomic mass is 9.92. The van der Waals surface area contributed by atoms with E-state index in [0.717, 1.165) is 18.8 Å². The maximum Gasteiger partial charge on any atom is 0.309 e. The molecule has 0 heterocycles. The van der Waals surface area contributed by atoms with Crippen LogP contribution in [0.15, 0.2) is 87.7 Å². The van der Waals surface area contributed by atoms with Crippen molar-refractivity contribution >= 4 is 47.9 Å². The second-order valence-electron chi connectivity index (χ2n) is 6.74. The molecule has 2 aromatic carbocycles. The summed E-state index contributed by atoms with van der Waals surface area (Å²) in [6.07, 6.45) is 3.08. The highest BCUT2D eigenvalue weighted by atomic mass is 79.9. The van der Waals surface area contributed by atoms with Crippen molar-refractivity contribution in [3.05, 3.63) is 88.3 Å². The van der Waals surface area contributed by atoms with Gasteiger partial charge in [-0.3, -0.25) is 4.79 Å². The topological polar surface area (TPSA) is 86.7 Å². The first-order chi connectivity index (χ1) is 14.7. The molecule has 2 aromatic rings. The second kappa shape index (κ2) is 11.7. The zero-order valence-corrected chi connectivity index (χ0v) is 20.7. The summed E-state index contributed by atoms with van der Waals surface area (Å²) in [6, 6.07) is 12.8. The number of hydrogen-bond acceptors (Lipinski definition) is 4. The predicted molar refractivity (Wildman–Crippen MR) is 129 cm³/mol. The largest absolute Gasteiger partial charge is 0.481 e. The maximum atomic E-state index is 13.2. The third kappa shape index (κ3) is 6.85. The van der Waals surface area contributed by atoms with E-state index in [1.807, 2.05) is 24.3 Å². The van der Waals surface area contributed by atoms with Gasteiger partial charge in [0.05, 0.1) is 10.8 Å². The van der Waals surface area contributed by atoms with Crippen LogP contribution in [-0.2, 0) is 14.8 Å². The van der Waals surface area contributed by atoms with Crippen molar-refractivity contribution in [3.63, 3.8) is 0 Å². The molecule has 0 aliphatic rings. The van der Waals surface area contributed by atoms with Gasteiger partial charge in [0.25, 0.3) is 0 Å². The number of nitrogens with one attached hydrogen (secondary N) is 1. The van der Waals surface area contributed by atoms with Crippen LogP contribution in [0.5, 0.6) is 0 Å². The molecule has 31 heavy (non-hydrogen) atoms. The van der Waals surface area contributed by atoms with Crippen molar-refractivity contribution in [1.29, 1.82) is 0 Å². The quantitative estimate of drug-likeness (QED) is 0.363. The number of rotatable bonds is 12. The average Bonchev–Trinajstić information content (AvgIpc) is 2.73. The lowest BCUT2D eigenvalue weighted by Crippen LogP contribution is -2.43. The fourth-order valence-corrected chi connectivity index (χ4v) is 5.05. The zero-order valence-electron chi connectivity index (χ0n) is 16.7. The highest BCUT2D eigenvalue weighted by Gasteiger charge is 2.35. The van der Waals surface area contributed by atoms with Gasteiger partial charge in [-0.2, -0.15) is 4.31 Å². The van der Waals surface area contributed by atoms with Crippen LogP contribution < -0.4 is 5.32 Å². The average molecular weight is 572 g/mol. The van der Waals surface area contributed by atoms with Gasteiger partial charge in [0.15, 0.2) is 0 Å². The van der Waals surface area contributed by atoms with Crippen LogP contribution in [0.2, 0.25) is 0 Å². The van der Waals surface area contributed by atoms with Gasteiger partial charge >= 0.3 is 5.97 Å². The first kappa shape index (κ1) is 25.5. The Morgan fingerprint density at radius 2 is 1.58 bits per heavy atom. The Hall–Kier alpha value is -1.78. The summed E-state index contributed by atoms with van der Waals surface area (Å²) < 4.78 is 29.2. The highest BCUT2D eigenvalue weighted by molar-refractivity contribution is 9.10. The Labute approximate surface area is 200 Å². The van der Waals surface area contributed by atoms with Crippen molar-refractivity contribution in [2.75, 3.05) is 19.6 Å². The molecule has 0 aromatic heterocycles. The Kier molecular flexibility index (Phi) is 9.64. The summed E-state index contributed by atoms with van der Waals surface area (Å²) in [5.74, 6) is -2.16. The smallest absolute Gasteiger partial charge is 0.309 e. The molecular weight excluding hydrogens is 548 g/mol. The molecule has 0 bridgehead atoms. The number of halogens is 2. The van der Waals surface area contributed by atoms with E-state index in [2.05, 4.69) is 50.3 Å². The number of sulfonamides is 1. The van der Waals surface area contributed by atoms with E-state index in [9.17, 15) is 18.3 Å². The molecule has 0 aliphatic heterocycles. The number of carboxylic acid groups (broad SMARTS) is 1. The minimum atomic E-state index is -3.93. The van der Waals surface area contributed by atoms with Gasteiger partial charge in [0, 0.05) is 34.6 Å². The first-order valence-corrected chi connectivity index (χ1v) is 12.4. The lowest BCUT2D eigenvalue weighted by Gasteiger charge is -2.30. The molecule has 2 unspecified atom stereocenters. The monoisotopic (exact) mass is 570 g/mol. The van der Waals surface area contributed by atoms with E-state index in [0.29, 0.717) is 6.54 Å². The van der Waals surface area contributed by atoms with Gasteiger partial charge in [-0.25, -0.2) is 8.42 Å². The second-order valence-corrected chi connectivity index (χ2v) is 10.5. The van der Waals surface area contributed by atoms with Crippen LogP contribution in [0.3, 0.4) is 0 Å². The van der Waals surface area contributed by atoms with Crippen molar-refractivity contribution in [1.82, 2.24) is 9.62 Å². The number of benzene rings is 2. The maximum absolute atomic E-state index is 13.2. The summed E-state index contributed by atoms with van der Waals surface area (Å²) >= 11 is 6.67. The molecule has 0 saturated heterocycles. The molecule has 2 rings (SSSR count). The molecule has 0 fully saturated rings. The molecule has 166 valence electrons. The Balaban J connectivity index is 2.44. The van der Waals surface area contributed by atoms with Gasteiger partial charge in [-0.15, -0.1) is 13.2 Å². The molecule has 9 heteroatoms. The summed E-state index contributed by atoms with van der Waals surface area (Å²) in [5.41, 5.74) is 0.733. The fraction of sp³-hybridized carbons (Fsp3) is 0.227. The first-order valence-electron chi connectivity index (χ1n) is 9.40. The van der Waals surface area contributed by atoms with Crippen molar-refractivity contribution in [2.45, 2.75) is 10.9 Å². The Morgan fingerprint density at radius 1 is 1.03 bits per heavy atom. The van der Waals surface area contributed by atoms with E-state index in [4.69, 9.17) is 0 Å². The summed E-state index contributed by atoms with van der Waals surface area (Å²) in [6.45, 7) is 7.44. The van der Waals surface area contributed by atoms with Gasteiger partial charge in [0.1, 0.15) is 0 Å². The van der Waals surface area contributed by atoms with Crippen LogP contribution in [0.1, 0.15) is 11.6 Å². The summed E-state index contributed by atoms with van der Waals surface area (Å²) in [7, 11) is -3.93. The third-order valence-corrected chi connectivity index (χ3v) is 7.52. The minimum Gasteiger partial charge on any atom is -0.481 e. The van der Waals surface area contributed by atoms with Gasteiger partial charge in [-0.1, -0.05) is 56.1 Å². The van der Waals surface area contributed by atoms with Gasteiger partial charge in [0.2, 0.25) is 10.0 Å². The van der Waals surface area contributed by atoms with Crippen LogP contribution in [-0.4, -0.2) is 43.4 Å². The Bertz CT molecular complexity index is 1010. The number of hydrogen-bond donors (Lipinski definition) is 2. The summed E-state index contributed by atoms with van der Waals surface area (Å²) in [4.78, 5) is 12.3. The molecule has 2 N–H and O–H groups in total. The lowest BCUT2D eigenvalue weighted by molar-refractivity contribution is -0.143. The van der Waals surface area contributed by atoms with E-state index < -0.39 is 28.0 Å².